The molecule has 1 nitrogen and oxygen atoms in total. The standard InChI is InChI=1S/C57H45NS/c1-55(2)44-21-13-10-18-38(44)40-27-25-36(31-47(40)55)58(37-26-28-41-39-19-11-14-22-45(39)56(3,4)48(41)32-37)54-52-43-30-35(34-16-8-7-9-17-34)24-29-46(43)57(5,6)49(52)33-51-53(54)42-20-12-15-23-50(42)59-51/h7-33H,1-6H3. The molecule has 12 rings (SSSR count). The van der Waals surface area contributed by atoms with E-state index < -0.39 is 0 Å². The number of nitrogens with zero attached hydrogens (tertiary/aromatic N) is 1. The van der Waals surface area contributed by atoms with Crippen molar-refractivity contribution in [2.75, 3.05) is 4.90 Å². The predicted octanol–water partition coefficient (Wildman–Crippen LogP) is 16.1. The number of hydrogen-bond acceptors (Lipinski definition) is 2. The van der Waals surface area contributed by atoms with E-state index in [-0.39, 0.29) is 16.2 Å². The highest BCUT2D eigenvalue weighted by Gasteiger charge is 2.42. The molecule has 0 spiro atoms. The van der Waals surface area contributed by atoms with E-state index in [9.17, 15) is 0 Å². The Hall–Kier alpha value is -6.22. The molecule has 0 bridgehead atoms. The van der Waals surface area contributed by atoms with Crippen LogP contribution in [-0.2, 0) is 16.2 Å². The van der Waals surface area contributed by atoms with Crippen LogP contribution in [0.4, 0.5) is 17.1 Å². The monoisotopic (exact) mass is 775 g/mol. The Labute approximate surface area is 351 Å². The van der Waals surface area contributed by atoms with Crippen LogP contribution in [-0.4, -0.2) is 0 Å². The summed E-state index contributed by atoms with van der Waals surface area (Å²) in [6.45, 7) is 14.4. The maximum atomic E-state index is 2.65. The fraction of sp³-hybridized carbons (Fsp3) is 0.158. The molecule has 8 aromatic carbocycles. The molecule has 0 atom stereocenters. The van der Waals surface area contributed by atoms with Crippen LogP contribution in [0.25, 0.3) is 64.7 Å². The fourth-order valence-corrected chi connectivity index (χ4v) is 12.3. The minimum atomic E-state index is -0.201. The lowest BCUT2D eigenvalue weighted by molar-refractivity contribution is 0.660. The van der Waals surface area contributed by atoms with E-state index in [1.165, 1.54) is 115 Å². The Morgan fingerprint density at radius 2 is 0.898 bits per heavy atom. The van der Waals surface area contributed by atoms with Gasteiger partial charge in [-0.15, -0.1) is 11.3 Å². The summed E-state index contributed by atoms with van der Waals surface area (Å²) in [5.41, 5.74) is 22.0. The minimum absolute atomic E-state index is 0.141. The van der Waals surface area contributed by atoms with Crippen molar-refractivity contribution in [2.45, 2.75) is 57.8 Å². The van der Waals surface area contributed by atoms with Gasteiger partial charge in [-0.05, 0) is 115 Å². The van der Waals surface area contributed by atoms with Gasteiger partial charge < -0.3 is 4.90 Å². The molecule has 9 aromatic rings. The molecule has 0 saturated heterocycles. The van der Waals surface area contributed by atoms with Crippen LogP contribution in [0.3, 0.4) is 0 Å². The van der Waals surface area contributed by atoms with E-state index in [2.05, 4.69) is 210 Å². The summed E-state index contributed by atoms with van der Waals surface area (Å²) in [6.07, 6.45) is 0. The molecule has 3 aliphatic carbocycles. The smallest absolute Gasteiger partial charge is 0.0636 e. The van der Waals surface area contributed by atoms with Crippen LogP contribution in [0.15, 0.2) is 164 Å². The van der Waals surface area contributed by atoms with Crippen molar-refractivity contribution in [3.63, 3.8) is 0 Å². The first-order valence-corrected chi connectivity index (χ1v) is 21.8. The molecular formula is C57H45NS. The van der Waals surface area contributed by atoms with Gasteiger partial charge in [0.1, 0.15) is 0 Å². The van der Waals surface area contributed by atoms with Gasteiger partial charge in [0, 0.05) is 53.4 Å². The number of hydrogen-bond donors (Lipinski definition) is 0. The summed E-state index contributed by atoms with van der Waals surface area (Å²) in [5.74, 6) is 0. The van der Waals surface area contributed by atoms with Crippen LogP contribution in [0.1, 0.15) is 74.9 Å². The molecule has 2 heteroatoms. The first-order valence-electron chi connectivity index (χ1n) is 21.0. The Kier molecular flexibility index (Phi) is 7.04. The largest absolute Gasteiger partial charge is 0.309 e. The maximum absolute atomic E-state index is 2.65. The average Bonchev–Trinajstić information content (AvgIpc) is 3.89. The van der Waals surface area contributed by atoms with Crippen molar-refractivity contribution in [2.24, 2.45) is 0 Å². The van der Waals surface area contributed by atoms with E-state index in [0.717, 1.165) is 0 Å². The zero-order valence-electron chi connectivity index (χ0n) is 34.4. The highest BCUT2D eigenvalue weighted by molar-refractivity contribution is 7.26. The van der Waals surface area contributed by atoms with E-state index in [1.807, 2.05) is 11.3 Å². The van der Waals surface area contributed by atoms with Gasteiger partial charge in [-0.3, -0.25) is 0 Å². The summed E-state index contributed by atoms with van der Waals surface area (Å²) in [4.78, 5) is 2.65. The van der Waals surface area contributed by atoms with Gasteiger partial charge in [-0.25, -0.2) is 0 Å². The van der Waals surface area contributed by atoms with Gasteiger partial charge in [0.05, 0.1) is 5.69 Å². The van der Waals surface area contributed by atoms with Crippen molar-refractivity contribution in [3.05, 3.63) is 197 Å². The normalized spacial score (nSPS) is 15.7. The molecule has 0 radical (unpaired) electrons. The molecule has 284 valence electrons. The lowest BCUT2D eigenvalue weighted by Crippen LogP contribution is -2.19. The Morgan fingerprint density at radius 3 is 1.54 bits per heavy atom. The highest BCUT2D eigenvalue weighted by Crippen LogP contribution is 2.61. The van der Waals surface area contributed by atoms with Crippen LogP contribution < -0.4 is 4.90 Å². The van der Waals surface area contributed by atoms with Crippen LogP contribution in [0.2, 0.25) is 0 Å². The predicted molar refractivity (Wildman–Crippen MR) is 252 cm³/mol. The van der Waals surface area contributed by atoms with Gasteiger partial charge in [0.25, 0.3) is 0 Å². The summed E-state index contributed by atoms with van der Waals surface area (Å²) >= 11 is 1.93. The molecule has 0 unspecified atom stereocenters. The molecule has 3 aliphatic rings. The average molecular weight is 776 g/mol. The van der Waals surface area contributed by atoms with Crippen molar-refractivity contribution < 1.29 is 0 Å². The van der Waals surface area contributed by atoms with Gasteiger partial charge in [0.2, 0.25) is 0 Å². The molecule has 59 heavy (non-hydrogen) atoms. The Bertz CT molecular complexity index is 3140. The SMILES string of the molecule is CC1(C)c2ccccc2-c2ccc(N(c3ccc4c(c3)C(C)(C)c3ccccc3-4)c3c4c(cc5sc6ccccc6c35)C(C)(C)c3ccc(-c5ccccc5)cc3-4)cc21. The van der Waals surface area contributed by atoms with Crippen LogP contribution in [0.5, 0.6) is 0 Å². The zero-order valence-corrected chi connectivity index (χ0v) is 35.3. The number of thiophene rings is 1. The number of fused-ring (bicyclic) bond motifs is 12. The van der Waals surface area contributed by atoms with Gasteiger partial charge in [-0.1, -0.05) is 163 Å². The van der Waals surface area contributed by atoms with Crippen molar-refractivity contribution in [3.8, 4) is 44.5 Å². The molecule has 1 heterocycles. The third kappa shape index (κ3) is 4.67. The molecule has 0 amide bonds. The summed E-state index contributed by atoms with van der Waals surface area (Å²) in [7, 11) is 0. The first kappa shape index (κ1) is 34.8. The second kappa shape index (κ2) is 11.9. The molecule has 0 saturated carbocycles. The Balaban J connectivity index is 1.21. The van der Waals surface area contributed by atoms with E-state index >= 15 is 0 Å². The topological polar surface area (TPSA) is 3.24 Å². The van der Waals surface area contributed by atoms with Gasteiger partial charge in [0.15, 0.2) is 0 Å². The molecular weight excluding hydrogens is 731 g/mol. The lowest BCUT2D eigenvalue weighted by Gasteiger charge is -2.32. The van der Waals surface area contributed by atoms with Crippen molar-refractivity contribution in [1.29, 1.82) is 0 Å². The number of rotatable bonds is 4. The lowest BCUT2D eigenvalue weighted by atomic mass is 9.81. The quantitative estimate of drug-likeness (QED) is 0.172. The van der Waals surface area contributed by atoms with Crippen LogP contribution in [0, 0.1) is 0 Å². The first-order chi connectivity index (χ1) is 28.5. The minimum Gasteiger partial charge on any atom is -0.309 e. The van der Waals surface area contributed by atoms with Crippen molar-refractivity contribution >= 4 is 48.6 Å². The highest BCUT2D eigenvalue weighted by atomic mass is 32.1. The maximum Gasteiger partial charge on any atom is 0.0636 e. The van der Waals surface area contributed by atoms with E-state index in [1.54, 1.807) is 0 Å². The van der Waals surface area contributed by atoms with E-state index in [4.69, 9.17) is 0 Å². The third-order valence-corrected chi connectivity index (χ3v) is 15.4. The second-order valence-electron chi connectivity index (χ2n) is 18.5. The van der Waals surface area contributed by atoms with Crippen molar-refractivity contribution in [1.82, 2.24) is 0 Å². The summed E-state index contributed by atoms with van der Waals surface area (Å²) in [6, 6.07) is 62.3. The molecule has 0 aliphatic heterocycles. The number of benzene rings is 8. The van der Waals surface area contributed by atoms with E-state index in [0.29, 0.717) is 0 Å². The summed E-state index contributed by atoms with van der Waals surface area (Å²) in [5, 5.41) is 2.63. The molecule has 1 aromatic heterocycles. The molecule has 0 fully saturated rings. The third-order valence-electron chi connectivity index (χ3n) is 14.3. The second-order valence-corrected chi connectivity index (χ2v) is 19.6. The van der Waals surface area contributed by atoms with Gasteiger partial charge in [-0.2, -0.15) is 0 Å². The Morgan fingerprint density at radius 1 is 0.373 bits per heavy atom. The molecule has 0 N–H and O–H groups in total. The zero-order chi connectivity index (χ0) is 40.0. The van der Waals surface area contributed by atoms with Crippen LogP contribution >= 0.6 is 11.3 Å². The summed E-state index contributed by atoms with van der Waals surface area (Å²) < 4.78 is 2.65. The van der Waals surface area contributed by atoms with Gasteiger partial charge >= 0.3 is 0 Å². The number of anilines is 3. The fourth-order valence-electron chi connectivity index (χ4n) is 11.2.